The molecule has 48 heteroatoms. The van der Waals surface area contributed by atoms with Crippen molar-refractivity contribution in [2.24, 2.45) is 29.2 Å². The number of benzene rings is 4. The number of carbonyl (C=O) groups excluding carboxylic acids is 19. The van der Waals surface area contributed by atoms with Crippen LogP contribution in [-0.2, 0) is 126 Å². The molecule has 0 bridgehead atoms. The average Bonchev–Trinajstić information content (AvgIpc) is 0.832. The van der Waals surface area contributed by atoms with Crippen LogP contribution in [-0.4, -0.2) is 296 Å². The Labute approximate surface area is 845 Å². The number of aliphatic hydroxyl groups excluding tert-OH is 1. The third kappa shape index (κ3) is 42.5. The number of carboxylic acids is 2. The van der Waals surface area contributed by atoms with E-state index in [0.717, 1.165) is 39.6 Å². The van der Waals surface area contributed by atoms with Crippen LogP contribution in [0.4, 0.5) is 0 Å². The third-order valence-electron chi connectivity index (χ3n) is 21.9. The van der Waals surface area contributed by atoms with E-state index in [-0.39, 0.29) is 60.9 Å². The summed E-state index contributed by atoms with van der Waals surface area (Å²) in [5, 5.41) is 71.2. The zero-order chi connectivity index (χ0) is 107. The molecule has 1 saturated heterocycles. The largest absolute Gasteiger partial charge is 0.482 e. The molecule has 1 unspecified atom stereocenters. The van der Waals surface area contributed by atoms with E-state index < -0.39 is 289 Å². The molecule has 1 fully saturated rings. The predicted molar refractivity (Wildman–Crippen MR) is 532 cm³/mol. The fourth-order valence-electron chi connectivity index (χ4n) is 14.5. The minimum atomic E-state index is -2.10. The Morgan fingerprint density at radius 2 is 0.840 bits per heavy atom. The molecule has 23 N–H and O–H groups in total. The van der Waals surface area contributed by atoms with E-state index >= 15 is 33.6 Å². The van der Waals surface area contributed by atoms with Gasteiger partial charge in [-0.1, -0.05) is 138 Å². The highest BCUT2D eigenvalue weighted by Gasteiger charge is 2.41. The van der Waals surface area contributed by atoms with Crippen molar-refractivity contribution in [3.8, 4) is 16.9 Å². The molecule has 19 amide bonds. The lowest BCUT2D eigenvalue weighted by molar-refractivity contribution is -0.142. The van der Waals surface area contributed by atoms with Gasteiger partial charge in [0, 0.05) is 76.2 Å². The number of carboxylic acid groups (broad SMARTS) is 2. The Hall–Kier alpha value is -14.3. The first-order valence-electron chi connectivity index (χ1n) is 46.3. The summed E-state index contributed by atoms with van der Waals surface area (Å²) < 4.78 is 5.31. The van der Waals surface area contributed by atoms with Crippen molar-refractivity contribution in [3.05, 3.63) is 155 Å². The molecule has 1 aliphatic heterocycles. The molecule has 144 heavy (non-hydrogen) atoms. The molecule has 5 aromatic rings. The Morgan fingerprint density at radius 1 is 0.444 bits per heavy atom. The van der Waals surface area contributed by atoms with Crippen LogP contribution in [0, 0.1) is 24.7 Å². The van der Waals surface area contributed by atoms with Crippen LogP contribution in [0.5, 0.6) is 5.75 Å². The number of aliphatic carboxylic acids is 2. The Kier molecular flexibility index (Phi) is 49.5. The third-order valence-corrected chi connectivity index (χ3v) is 24.8. The number of aryl methyl sites for hydroxylation is 1. The second kappa shape index (κ2) is 60.2. The summed E-state index contributed by atoms with van der Waals surface area (Å²) >= 11 is 2.47. The first-order chi connectivity index (χ1) is 68.1. The van der Waals surface area contributed by atoms with E-state index in [4.69, 9.17) is 16.2 Å². The van der Waals surface area contributed by atoms with Gasteiger partial charge in [0.05, 0.1) is 43.5 Å². The van der Waals surface area contributed by atoms with Crippen LogP contribution in [0.2, 0.25) is 0 Å². The van der Waals surface area contributed by atoms with Gasteiger partial charge in [-0.05, 0) is 109 Å². The second-order valence-electron chi connectivity index (χ2n) is 35.6. The molecule has 0 radical (unpaired) electrons. The maximum atomic E-state index is 15.5. The van der Waals surface area contributed by atoms with Gasteiger partial charge in [-0.3, -0.25) is 101 Å². The Balaban J connectivity index is 1.52. The van der Waals surface area contributed by atoms with Crippen molar-refractivity contribution in [1.82, 2.24) is 95.0 Å². The lowest BCUT2D eigenvalue weighted by Crippen LogP contribution is -2.62. The molecule has 14 atom stereocenters. The number of nitrogens with one attached hydrogen (secondary N) is 16. The van der Waals surface area contributed by atoms with Gasteiger partial charge in [-0.2, -0.15) is 0 Å². The highest BCUT2D eigenvalue weighted by molar-refractivity contribution is 8.00. The number of likely N-dealkylation sites (N-methyl/N-ethyl adjacent to an activating group) is 1. The van der Waals surface area contributed by atoms with Crippen molar-refractivity contribution >= 4 is 159 Å². The standard InChI is InChI=1S/C96H130N20O25S3/c1-51(2)32-65-85(129)110-72(40-78(97)120)92(136)106-67(34-53(5)6)87(131)114-76(46-143-49-101-56(9)118)95(139)112-74(43-117)94(138)113-75(84(128)100-42-79(98)121)45-142-48-80(122)103-68(36-59-22-26-64(27-23-59)141-44-82(125)126)88(132)108-70(38-60-28-30-99-31-29-60)89(133)111-73(41-81(123)124)93(137)109-71(39-61-17-15-16-54(7)35-61)90(134)105-66(33-52(3)4)86(130)107-69(37-58-20-24-63(25-21-58)62-18-13-12-14-19-62)91(135)115-77(47-144-50-102-57(10)119)96(140)116(11)55(8)83(127)104-65/h12-31,35,51-53,55,65-77,117H,32-34,36-50H2,1-11H3,(H2,97,120)(H2,98,121)(H,100,128)(H,101,118)(H,102,119)(H,103,122)(H,104,127)(H,105,134)(H,106,136)(H,107,130)(H,108,132)(H,109,137)(H,110,129)(H,111,133)(H,112,139)(H,113,138)(H,114,131)(H,115,135)(H,123,124)(H,125,126)/t55-,65+,66-,67-,68-,69-,70-,71-,72-,73-,74-,75?,76-,77-/m0/s1. The number of ether oxygens (including phenoxy) is 1. The van der Waals surface area contributed by atoms with Crippen molar-refractivity contribution in [1.29, 1.82) is 0 Å². The SMILES string of the molecule is CC(=O)NCSC[C@@H]1NC(=O)[C@H](CC(C)C)NC(=O)[C@H](CC(N)=O)NC(=O)[C@@H](CC(C)C)NC(=O)[C@H](C)N(C)C(=O)[C@H](CSCNC(C)=O)NC(=O)[C@H](Cc2ccc(-c3ccccc3)cc2)NC(=O)[C@H](CC(C)C)NC(=O)[C@H](Cc2cccc(C)c2)NC(=O)[C@H](CC(=O)O)NC(=O)[C@H](Cc2ccncc2)NC(=O)[C@H](Cc2ccc(OCC(=O)O)cc2)NC(=O)CSCC(C(=O)NCC(N)=O)NC(=O)[C@H](CO)NC1=O. The first kappa shape index (κ1) is 118. The summed E-state index contributed by atoms with van der Waals surface area (Å²) in [5.41, 5.74) is 14.8. The van der Waals surface area contributed by atoms with Gasteiger partial charge in [0.1, 0.15) is 90.3 Å². The van der Waals surface area contributed by atoms with Crippen LogP contribution < -0.4 is 101 Å². The van der Waals surface area contributed by atoms with Gasteiger partial charge in [0.25, 0.3) is 0 Å². The van der Waals surface area contributed by atoms with Gasteiger partial charge >= 0.3 is 11.9 Å². The van der Waals surface area contributed by atoms with Crippen molar-refractivity contribution in [2.45, 2.75) is 212 Å². The van der Waals surface area contributed by atoms with E-state index in [1.807, 2.05) is 30.3 Å². The molecule has 0 spiro atoms. The molecule has 1 aliphatic rings. The Bertz CT molecular complexity index is 5300. The molecule has 0 aliphatic carbocycles. The molecule has 1 aromatic heterocycles. The summed E-state index contributed by atoms with van der Waals surface area (Å²) in [6, 6.07) is 6.90. The van der Waals surface area contributed by atoms with Crippen LogP contribution in [0.3, 0.4) is 0 Å². The van der Waals surface area contributed by atoms with Crippen LogP contribution in [0.15, 0.2) is 128 Å². The van der Waals surface area contributed by atoms with Gasteiger partial charge in [-0.25, -0.2) is 4.79 Å². The van der Waals surface area contributed by atoms with Crippen LogP contribution in [0.1, 0.15) is 122 Å². The zero-order valence-corrected chi connectivity index (χ0v) is 84.2. The van der Waals surface area contributed by atoms with E-state index in [9.17, 15) is 82.4 Å². The fourth-order valence-corrected chi connectivity index (χ4v) is 17.1. The summed E-state index contributed by atoms with van der Waals surface area (Å²) in [4.78, 5) is 302. The van der Waals surface area contributed by atoms with Crippen molar-refractivity contribution in [2.75, 3.05) is 61.6 Å². The van der Waals surface area contributed by atoms with Gasteiger partial charge in [0.15, 0.2) is 6.61 Å². The lowest BCUT2D eigenvalue weighted by Gasteiger charge is -2.31. The predicted octanol–water partition coefficient (Wildman–Crippen LogP) is -2.58. The quantitative estimate of drug-likeness (QED) is 0.0149. The summed E-state index contributed by atoms with van der Waals surface area (Å²) in [5.74, 6) is -26.2. The minimum absolute atomic E-state index is 0.0612. The van der Waals surface area contributed by atoms with E-state index in [1.54, 1.807) is 97.0 Å². The van der Waals surface area contributed by atoms with Crippen LogP contribution in [0.25, 0.3) is 11.1 Å². The number of hydrogen-bond donors (Lipinski definition) is 21. The summed E-state index contributed by atoms with van der Waals surface area (Å²) in [7, 11) is 1.21. The van der Waals surface area contributed by atoms with E-state index in [0.29, 0.717) is 34.0 Å². The molecular weight excluding hydrogens is 1930 g/mol. The lowest BCUT2D eigenvalue weighted by atomic mass is 9.98. The van der Waals surface area contributed by atoms with Crippen molar-refractivity contribution < 1.29 is 121 Å². The smallest absolute Gasteiger partial charge is 0.341 e. The number of thioether (sulfide) groups is 3. The number of rotatable bonds is 34. The second-order valence-corrected chi connectivity index (χ2v) is 38.7. The number of hydrogen-bond acceptors (Lipinski definition) is 27. The number of nitrogens with zero attached hydrogens (tertiary/aromatic N) is 2. The van der Waals surface area contributed by atoms with Crippen molar-refractivity contribution in [3.63, 3.8) is 0 Å². The number of nitrogens with two attached hydrogens (primary N) is 2. The molecule has 782 valence electrons. The van der Waals surface area contributed by atoms with Gasteiger partial charge in [-0.15, -0.1) is 35.3 Å². The number of aliphatic hydroxyl groups is 1. The average molecular weight is 2060 g/mol. The summed E-state index contributed by atoms with van der Waals surface area (Å²) in [6.45, 7) is 12.7. The molecular formula is C96H130N20O25S3. The monoisotopic (exact) mass is 2060 g/mol. The maximum Gasteiger partial charge on any atom is 0.341 e. The highest BCUT2D eigenvalue weighted by atomic mass is 32.2. The van der Waals surface area contributed by atoms with Gasteiger partial charge < -0.3 is 121 Å². The van der Waals surface area contributed by atoms with Crippen LogP contribution >= 0.6 is 35.3 Å². The normalized spacial score (nSPS) is 22.2. The Morgan fingerprint density at radius 3 is 1.30 bits per heavy atom. The number of primary amides is 2. The maximum absolute atomic E-state index is 15.5. The van der Waals surface area contributed by atoms with E-state index in [2.05, 4.69) is 90.1 Å². The molecule has 2 heterocycles. The highest BCUT2D eigenvalue weighted by Crippen LogP contribution is 2.23. The number of carbonyl (C=O) groups is 21. The minimum Gasteiger partial charge on any atom is -0.482 e. The molecule has 4 aromatic carbocycles. The van der Waals surface area contributed by atoms with E-state index in [1.165, 1.54) is 76.6 Å². The molecule has 6 rings (SSSR count). The summed E-state index contributed by atoms with van der Waals surface area (Å²) in [6.07, 6.45) is -1.50. The first-order valence-corrected chi connectivity index (χ1v) is 49.7. The molecule has 45 nitrogen and oxygen atoms in total. The number of pyridine rings is 1. The molecule has 0 saturated carbocycles. The fraction of sp³-hybridized carbons (Fsp3) is 0.479. The number of amides is 19. The van der Waals surface area contributed by atoms with Gasteiger partial charge in [0.2, 0.25) is 112 Å². The number of aromatic nitrogens is 1. The zero-order valence-electron chi connectivity index (χ0n) is 81.8. The topological polar surface area (TPSA) is 689 Å².